The maximum atomic E-state index is 13.7. The molecule has 4 aromatic carbocycles. The number of amides is 3. The van der Waals surface area contributed by atoms with Crippen molar-refractivity contribution in [1.82, 2.24) is 35.1 Å². The van der Waals surface area contributed by atoms with Gasteiger partial charge in [0.25, 0.3) is 0 Å². The number of alkyl carbamates (subject to hydrolysis) is 1. The molecule has 4 atom stereocenters. The molecule has 3 N–H and O–H groups in total. The lowest BCUT2D eigenvalue weighted by molar-refractivity contribution is -0.137. The molecule has 312 valence electrons. The molecule has 0 bridgehead atoms. The van der Waals surface area contributed by atoms with E-state index < -0.39 is 12.1 Å². The van der Waals surface area contributed by atoms with Gasteiger partial charge in [-0.3, -0.25) is 9.59 Å². The van der Waals surface area contributed by atoms with Crippen LogP contribution < -0.4 is 5.32 Å². The number of hydrogen-bond donors (Lipinski definition) is 3. The van der Waals surface area contributed by atoms with E-state index in [-0.39, 0.29) is 89.7 Å². The highest BCUT2D eigenvalue weighted by Gasteiger charge is 2.38. The molecule has 2 aliphatic rings. The number of imidazole rings is 2. The summed E-state index contributed by atoms with van der Waals surface area (Å²) in [6, 6.07) is 20.5. The van der Waals surface area contributed by atoms with E-state index in [2.05, 4.69) is 89.8 Å². The van der Waals surface area contributed by atoms with Gasteiger partial charge >= 0.3 is 6.09 Å². The van der Waals surface area contributed by atoms with Crippen LogP contribution in [-0.4, -0.2) is 73.9 Å². The summed E-state index contributed by atoms with van der Waals surface area (Å²) < 4.78 is 4.79. The molecule has 2 fully saturated rings. The van der Waals surface area contributed by atoms with Gasteiger partial charge in [-0.05, 0) is 83.7 Å². The highest BCUT2D eigenvalue weighted by molar-refractivity contribution is 7.59. The van der Waals surface area contributed by atoms with Gasteiger partial charge in [0.2, 0.25) is 11.8 Å². The Hall–Kier alpha value is -4.05. The van der Waals surface area contributed by atoms with Crippen molar-refractivity contribution in [2.75, 3.05) is 20.2 Å². The molecule has 0 aliphatic carbocycles. The van der Waals surface area contributed by atoms with Crippen molar-refractivity contribution in [2.24, 2.45) is 17.8 Å². The fourth-order valence-corrected chi connectivity index (χ4v) is 8.37. The smallest absolute Gasteiger partial charge is 0.407 e. The zero-order chi connectivity index (χ0) is 37.8. The first kappa shape index (κ1) is 46.6. The topological polar surface area (TPSA) is 136 Å². The number of hydrogen-bond acceptors (Lipinski definition) is 6. The predicted molar refractivity (Wildman–Crippen MR) is 253 cm³/mol. The van der Waals surface area contributed by atoms with Crippen molar-refractivity contribution in [3.63, 3.8) is 0 Å². The molecule has 0 unspecified atom stereocenters. The van der Waals surface area contributed by atoms with Crippen LogP contribution in [0.1, 0.15) is 84.0 Å². The Labute approximate surface area is 367 Å². The average Bonchev–Trinajstić information content (AvgIpc) is 4.00. The number of ether oxygens (including phenoxy) is 1. The summed E-state index contributed by atoms with van der Waals surface area (Å²) >= 11 is 0. The van der Waals surface area contributed by atoms with Gasteiger partial charge in [0.15, 0.2) is 0 Å². The maximum absolute atomic E-state index is 13.7. The number of aromatic amines is 2. The second-order valence-electron chi connectivity index (χ2n) is 15.8. The molecule has 4 heterocycles. The van der Waals surface area contributed by atoms with E-state index >= 15 is 0 Å². The Bertz CT molecular complexity index is 2430. The SMILES string of the molecule is COC(=O)N[C@H](C(=O)N1CCC[C@H]1c1nc2c(ccc3cc(-c4ccc5c(ccc6[nH]c([C@@H]7CCCN7C(=O)[C@@H](C)C(C)C)nc65)c4)ccc32)[nH]1)C(C)C.S.S.S.S. The molecule has 11 nitrogen and oxygen atoms in total. The number of nitrogens with zero attached hydrogens (tertiary/aromatic N) is 4. The van der Waals surface area contributed by atoms with Gasteiger partial charge in [0.1, 0.15) is 17.7 Å². The number of likely N-dealkylation sites (tertiary alicyclic amines) is 2. The number of fused-ring (bicyclic) bond motifs is 6. The molecule has 2 aliphatic heterocycles. The van der Waals surface area contributed by atoms with Crippen LogP contribution in [0, 0.1) is 17.8 Å². The van der Waals surface area contributed by atoms with Crippen molar-refractivity contribution in [3.8, 4) is 11.1 Å². The molecular formula is C43H57N7O4S4. The summed E-state index contributed by atoms with van der Waals surface area (Å²) in [6.45, 7) is 11.5. The van der Waals surface area contributed by atoms with E-state index in [9.17, 15) is 14.4 Å². The van der Waals surface area contributed by atoms with Crippen molar-refractivity contribution in [3.05, 3.63) is 72.3 Å². The Morgan fingerprint density at radius 1 is 0.672 bits per heavy atom. The summed E-state index contributed by atoms with van der Waals surface area (Å²) in [5.41, 5.74) is 5.92. The molecule has 8 rings (SSSR count). The number of carbonyl (C=O) groups is 3. The van der Waals surface area contributed by atoms with Crippen molar-refractivity contribution in [1.29, 1.82) is 0 Å². The van der Waals surface area contributed by atoms with E-state index in [4.69, 9.17) is 14.7 Å². The van der Waals surface area contributed by atoms with Crippen LogP contribution >= 0.6 is 54.0 Å². The average molecular weight is 864 g/mol. The normalized spacial score (nSPS) is 17.5. The number of aromatic nitrogens is 4. The van der Waals surface area contributed by atoms with Crippen LogP contribution in [0.15, 0.2) is 60.7 Å². The molecule has 0 saturated carbocycles. The summed E-state index contributed by atoms with van der Waals surface area (Å²) in [5, 5.41) is 7.03. The third kappa shape index (κ3) is 8.50. The summed E-state index contributed by atoms with van der Waals surface area (Å²) in [5.74, 6) is 1.89. The first-order valence-corrected chi connectivity index (χ1v) is 19.3. The van der Waals surface area contributed by atoms with Crippen LogP contribution in [0.5, 0.6) is 0 Å². The summed E-state index contributed by atoms with van der Waals surface area (Å²) in [4.78, 5) is 60.2. The maximum Gasteiger partial charge on any atom is 0.407 e. The first-order chi connectivity index (χ1) is 26.0. The van der Waals surface area contributed by atoms with Gasteiger partial charge in [-0.15, -0.1) is 0 Å². The minimum absolute atomic E-state index is 0. The Morgan fingerprint density at radius 2 is 1.14 bits per heavy atom. The van der Waals surface area contributed by atoms with E-state index in [0.29, 0.717) is 12.5 Å². The fraction of sp³-hybridized carbons (Fsp3) is 0.419. The quantitative estimate of drug-likeness (QED) is 0.140. The minimum Gasteiger partial charge on any atom is -0.453 e. The van der Waals surface area contributed by atoms with E-state index in [0.717, 1.165) is 98.6 Å². The van der Waals surface area contributed by atoms with Crippen LogP contribution in [0.2, 0.25) is 0 Å². The second-order valence-corrected chi connectivity index (χ2v) is 15.8. The number of rotatable bonds is 8. The van der Waals surface area contributed by atoms with Crippen LogP contribution in [-0.2, 0) is 14.3 Å². The largest absolute Gasteiger partial charge is 0.453 e. The van der Waals surface area contributed by atoms with Crippen LogP contribution in [0.25, 0.3) is 54.7 Å². The number of H-pyrrole nitrogens is 2. The summed E-state index contributed by atoms with van der Waals surface area (Å²) in [6.07, 6.45) is 2.94. The molecular weight excluding hydrogens is 807 g/mol. The van der Waals surface area contributed by atoms with Crippen molar-refractivity contribution in [2.45, 2.75) is 78.4 Å². The molecule has 3 amide bonds. The molecule has 6 aromatic rings. The van der Waals surface area contributed by atoms with Crippen molar-refractivity contribution >= 4 is 116 Å². The van der Waals surface area contributed by atoms with E-state index in [1.165, 1.54) is 7.11 Å². The third-order valence-electron chi connectivity index (χ3n) is 11.8. The van der Waals surface area contributed by atoms with Crippen LogP contribution in [0.3, 0.4) is 0 Å². The number of nitrogens with one attached hydrogen (secondary N) is 3. The van der Waals surface area contributed by atoms with Crippen molar-refractivity contribution < 1.29 is 19.1 Å². The Morgan fingerprint density at radius 3 is 1.57 bits per heavy atom. The van der Waals surface area contributed by atoms with Gasteiger partial charge < -0.3 is 29.8 Å². The standard InChI is InChI=1S/C43H49N7O4.4H2S/c1-23(2)25(5)41(51)49-19-7-9-34(49)39-44-32-17-13-28-21-26(11-15-30(28)37(32)46-39)27-12-16-31-29(22-27)14-18-33-38(31)47-40(45-33)35-10-8-20-50(35)42(52)36(24(3)4)48-43(53)54-6;;;;/h11-18,21-25,34-36H,7-10,19-20H2,1-6H3,(H,44,46)(H,45,47)(H,48,53);4*1H2/t25-,34-,35-,36-;;;;/m0..../s1. The lowest BCUT2D eigenvalue weighted by atomic mass is 9.96. The second kappa shape index (κ2) is 18.9. The van der Waals surface area contributed by atoms with E-state index in [1.807, 2.05) is 30.6 Å². The lowest BCUT2D eigenvalue weighted by Crippen LogP contribution is -2.51. The predicted octanol–water partition coefficient (Wildman–Crippen LogP) is 8.86. The molecule has 2 saturated heterocycles. The Balaban J connectivity index is 0.00000186. The molecule has 0 spiro atoms. The third-order valence-corrected chi connectivity index (χ3v) is 11.8. The van der Waals surface area contributed by atoms with Gasteiger partial charge in [-0.25, -0.2) is 14.8 Å². The summed E-state index contributed by atoms with van der Waals surface area (Å²) in [7, 11) is 1.30. The molecule has 15 heteroatoms. The number of methoxy groups -OCH3 is 1. The zero-order valence-electron chi connectivity index (χ0n) is 33.9. The van der Waals surface area contributed by atoms with Gasteiger partial charge in [-0.1, -0.05) is 71.0 Å². The van der Waals surface area contributed by atoms with E-state index in [1.54, 1.807) is 0 Å². The molecule has 58 heavy (non-hydrogen) atoms. The lowest BCUT2D eigenvalue weighted by Gasteiger charge is -2.29. The first-order valence-electron chi connectivity index (χ1n) is 19.3. The van der Waals surface area contributed by atoms with Gasteiger partial charge in [0.05, 0.1) is 41.3 Å². The van der Waals surface area contributed by atoms with Gasteiger partial charge in [0, 0.05) is 29.8 Å². The zero-order valence-corrected chi connectivity index (χ0v) is 37.9. The molecule has 0 radical (unpaired) electrons. The number of benzene rings is 4. The minimum atomic E-state index is -0.683. The number of carbonyl (C=O) groups excluding carboxylic acids is 3. The molecule has 2 aromatic heterocycles. The highest BCUT2D eigenvalue weighted by atomic mass is 32.1. The van der Waals surface area contributed by atoms with Gasteiger partial charge in [-0.2, -0.15) is 54.0 Å². The highest BCUT2D eigenvalue weighted by Crippen LogP contribution is 2.38. The van der Waals surface area contributed by atoms with Crippen LogP contribution in [0.4, 0.5) is 4.79 Å². The fourth-order valence-electron chi connectivity index (χ4n) is 8.37. The monoisotopic (exact) mass is 863 g/mol. The Kier molecular flexibility index (Phi) is 15.2.